The normalized spacial score (nSPS) is 11.8. The quantitative estimate of drug-likeness (QED) is 0.817. The highest BCUT2D eigenvalue weighted by Crippen LogP contribution is 2.47. The number of benzene rings is 2. The van der Waals surface area contributed by atoms with Crippen molar-refractivity contribution in [2.75, 3.05) is 13.2 Å². The highest BCUT2D eigenvalue weighted by Gasteiger charge is 2.35. The molecule has 0 unspecified atom stereocenters. The second-order valence-corrected chi connectivity index (χ2v) is 7.60. The summed E-state index contributed by atoms with van der Waals surface area (Å²) in [6.07, 6.45) is 0. The summed E-state index contributed by atoms with van der Waals surface area (Å²) < 4.78 is 0. The Morgan fingerprint density at radius 3 is 1.47 bits per heavy atom. The molecule has 0 spiro atoms. The van der Waals surface area contributed by atoms with E-state index in [1.54, 1.807) is 0 Å². The van der Waals surface area contributed by atoms with Crippen LogP contribution in [0.2, 0.25) is 0 Å². The van der Waals surface area contributed by atoms with Crippen molar-refractivity contribution in [2.24, 2.45) is 0 Å². The van der Waals surface area contributed by atoms with Gasteiger partial charge >= 0.3 is 0 Å². The van der Waals surface area contributed by atoms with Crippen molar-refractivity contribution in [3.8, 4) is 0 Å². The van der Waals surface area contributed by atoms with Gasteiger partial charge in [0.05, 0.1) is 13.2 Å². The first kappa shape index (κ1) is 14.2. The average Bonchev–Trinajstić information content (AvgIpc) is 2.49. The molecule has 0 atom stereocenters. The van der Waals surface area contributed by atoms with Crippen LogP contribution < -0.4 is 10.6 Å². The molecule has 0 bridgehead atoms. The molecule has 0 amide bonds. The lowest BCUT2D eigenvalue weighted by Gasteiger charge is -2.35. The van der Waals surface area contributed by atoms with Gasteiger partial charge in [-0.15, -0.1) is 0 Å². The minimum atomic E-state index is -0.797. The summed E-state index contributed by atoms with van der Waals surface area (Å²) >= 11 is 0. The Morgan fingerprint density at radius 1 is 0.789 bits per heavy atom. The molecule has 2 aromatic carbocycles. The number of hydrogen-bond acceptors (Lipinski definition) is 2. The van der Waals surface area contributed by atoms with E-state index in [9.17, 15) is 10.2 Å². The van der Waals surface area contributed by atoms with Crippen molar-refractivity contribution in [3.63, 3.8) is 0 Å². The van der Waals surface area contributed by atoms with Crippen LogP contribution in [-0.2, 0) is 0 Å². The smallest absolute Gasteiger partial charge is 0.0552 e. The number of rotatable bonds is 5. The molecular formula is C16H19O2P. The van der Waals surface area contributed by atoms with Gasteiger partial charge in [-0.25, -0.2) is 0 Å². The van der Waals surface area contributed by atoms with E-state index in [4.69, 9.17) is 0 Å². The van der Waals surface area contributed by atoms with Crippen molar-refractivity contribution in [1.29, 1.82) is 0 Å². The Kier molecular flexibility index (Phi) is 4.71. The van der Waals surface area contributed by atoms with E-state index in [-0.39, 0.29) is 13.2 Å². The van der Waals surface area contributed by atoms with Crippen molar-refractivity contribution in [2.45, 2.75) is 12.1 Å². The zero-order chi connectivity index (χ0) is 13.7. The summed E-state index contributed by atoms with van der Waals surface area (Å²) in [4.78, 5) is 0. The monoisotopic (exact) mass is 274 g/mol. The van der Waals surface area contributed by atoms with Crippen LogP contribution in [0.15, 0.2) is 60.7 Å². The molecule has 0 saturated carbocycles. The molecule has 0 radical (unpaired) electrons. The largest absolute Gasteiger partial charge is 0.395 e. The zero-order valence-electron chi connectivity index (χ0n) is 11.0. The van der Waals surface area contributed by atoms with Crippen molar-refractivity contribution in [1.82, 2.24) is 0 Å². The summed E-state index contributed by atoms with van der Waals surface area (Å²) in [6.45, 7) is 1.89. The molecule has 2 aromatic rings. The highest BCUT2D eigenvalue weighted by molar-refractivity contribution is 7.74. The van der Waals surface area contributed by atoms with Gasteiger partial charge in [0.1, 0.15) is 0 Å². The topological polar surface area (TPSA) is 40.5 Å². The van der Waals surface area contributed by atoms with Gasteiger partial charge in [0.15, 0.2) is 0 Å². The number of hydrogen-bond donors (Lipinski definition) is 2. The second-order valence-electron chi connectivity index (χ2n) is 4.82. The van der Waals surface area contributed by atoms with E-state index in [0.717, 1.165) is 0 Å². The fraction of sp³-hybridized carbons (Fsp3) is 0.250. The van der Waals surface area contributed by atoms with Gasteiger partial charge in [-0.1, -0.05) is 67.6 Å². The lowest BCUT2D eigenvalue weighted by atomic mass is 10.2. The fourth-order valence-electron chi connectivity index (χ4n) is 2.12. The molecule has 2 N–H and O–H groups in total. The fourth-order valence-corrected chi connectivity index (χ4v) is 4.89. The van der Waals surface area contributed by atoms with Gasteiger partial charge in [0.25, 0.3) is 0 Å². The molecule has 0 saturated heterocycles. The molecule has 0 heterocycles. The molecule has 3 heteroatoms. The summed E-state index contributed by atoms with van der Waals surface area (Å²) in [7, 11) is -0.797. The molecule has 2 nitrogen and oxygen atoms in total. The highest BCUT2D eigenvalue weighted by atomic mass is 31.1. The van der Waals surface area contributed by atoms with Gasteiger partial charge in [0, 0.05) is 5.16 Å². The minimum Gasteiger partial charge on any atom is -0.395 e. The van der Waals surface area contributed by atoms with E-state index in [1.165, 1.54) is 10.6 Å². The van der Waals surface area contributed by atoms with Crippen molar-refractivity contribution < 1.29 is 10.2 Å². The predicted octanol–water partition coefficient (Wildman–Crippen LogP) is 1.86. The molecular weight excluding hydrogens is 255 g/mol. The Hall–Kier alpha value is -1.21. The first-order chi connectivity index (χ1) is 9.21. The molecule has 0 fully saturated rings. The molecule has 0 aliphatic heterocycles. The lowest BCUT2D eigenvalue weighted by Crippen LogP contribution is -2.38. The second kappa shape index (κ2) is 6.29. The molecule has 100 valence electrons. The maximum Gasteiger partial charge on any atom is 0.0552 e. The third kappa shape index (κ3) is 3.03. The van der Waals surface area contributed by atoms with Crippen LogP contribution in [0.1, 0.15) is 6.92 Å². The van der Waals surface area contributed by atoms with Crippen LogP contribution in [-0.4, -0.2) is 28.6 Å². The number of aliphatic hydroxyl groups is 2. The van der Waals surface area contributed by atoms with Crippen molar-refractivity contribution in [3.05, 3.63) is 60.7 Å². The summed E-state index contributed by atoms with van der Waals surface area (Å²) in [5, 5.41) is 21.3. The molecule has 0 aliphatic carbocycles. The lowest BCUT2D eigenvalue weighted by molar-refractivity contribution is 0.180. The maximum atomic E-state index is 9.73. The standard InChI is InChI=1S/C16H19O2P/c1-16(12-17,13-18)19(14-8-4-2-5-9-14)15-10-6-3-7-11-15/h2-11,17-18H,12-13H2,1H3. The van der Waals surface area contributed by atoms with Gasteiger partial charge in [0.2, 0.25) is 0 Å². The Bertz CT molecular complexity index is 455. The summed E-state index contributed by atoms with van der Waals surface area (Å²) in [5.74, 6) is 0. The molecule has 19 heavy (non-hydrogen) atoms. The summed E-state index contributed by atoms with van der Waals surface area (Å²) in [6, 6.07) is 20.3. The third-order valence-corrected chi connectivity index (χ3v) is 6.24. The predicted molar refractivity (Wildman–Crippen MR) is 81.6 cm³/mol. The maximum absolute atomic E-state index is 9.73. The van der Waals surface area contributed by atoms with Crippen molar-refractivity contribution >= 4 is 18.5 Å². The van der Waals surface area contributed by atoms with Gasteiger partial charge in [-0.2, -0.15) is 0 Å². The van der Waals surface area contributed by atoms with Crippen LogP contribution >= 0.6 is 7.92 Å². The van der Waals surface area contributed by atoms with E-state index in [1.807, 2.05) is 43.3 Å². The first-order valence-corrected chi connectivity index (χ1v) is 7.67. The van der Waals surface area contributed by atoms with E-state index in [0.29, 0.717) is 0 Å². The SMILES string of the molecule is CC(CO)(CO)P(c1ccccc1)c1ccccc1. The Balaban J connectivity index is 2.52. The third-order valence-electron chi connectivity index (χ3n) is 3.25. The summed E-state index contributed by atoms with van der Waals surface area (Å²) in [5.41, 5.74) is 0. The van der Waals surface area contributed by atoms with Gasteiger partial charge in [-0.3, -0.25) is 0 Å². The first-order valence-electron chi connectivity index (χ1n) is 6.33. The molecule has 0 aromatic heterocycles. The Labute approximate surface area is 115 Å². The number of aliphatic hydroxyl groups excluding tert-OH is 2. The Morgan fingerprint density at radius 2 is 1.16 bits per heavy atom. The zero-order valence-corrected chi connectivity index (χ0v) is 11.9. The van der Waals surface area contributed by atoms with Crippen LogP contribution in [0.4, 0.5) is 0 Å². The van der Waals surface area contributed by atoms with Gasteiger partial charge in [-0.05, 0) is 18.5 Å². The van der Waals surface area contributed by atoms with E-state index >= 15 is 0 Å². The van der Waals surface area contributed by atoms with Crippen LogP contribution in [0.25, 0.3) is 0 Å². The average molecular weight is 274 g/mol. The van der Waals surface area contributed by atoms with Crippen LogP contribution in [0.5, 0.6) is 0 Å². The van der Waals surface area contributed by atoms with E-state index < -0.39 is 13.1 Å². The molecule has 2 rings (SSSR count). The molecule has 0 aliphatic rings. The van der Waals surface area contributed by atoms with Crippen LogP contribution in [0.3, 0.4) is 0 Å². The van der Waals surface area contributed by atoms with Crippen LogP contribution in [0, 0.1) is 0 Å². The van der Waals surface area contributed by atoms with E-state index in [2.05, 4.69) is 24.3 Å². The minimum absolute atomic E-state index is 0.0288. The van der Waals surface area contributed by atoms with Gasteiger partial charge < -0.3 is 10.2 Å².